The monoisotopic (exact) mass is 491 g/mol. The first-order chi connectivity index (χ1) is 17.3. The van der Waals surface area contributed by atoms with Crippen LogP contribution in [0.25, 0.3) is 0 Å². The van der Waals surface area contributed by atoms with E-state index < -0.39 is 7.92 Å². The van der Waals surface area contributed by atoms with E-state index in [9.17, 15) is 0 Å². The predicted octanol–water partition coefficient (Wildman–Crippen LogP) is 5.49. The summed E-state index contributed by atoms with van der Waals surface area (Å²) in [6, 6.07) is 38.2. The summed E-state index contributed by atoms with van der Waals surface area (Å²) < 4.78 is 12.4. The maximum Gasteiger partial charge on any atom is 0.494 e. The number of hydrogen-bond donors (Lipinski definition) is 0. The van der Waals surface area contributed by atoms with Crippen molar-refractivity contribution in [2.45, 2.75) is 38.9 Å². The van der Waals surface area contributed by atoms with Gasteiger partial charge in [-0.05, 0) is 69.1 Å². The van der Waals surface area contributed by atoms with Gasteiger partial charge in [0.25, 0.3) is 0 Å². The Bertz CT molecular complexity index is 1280. The van der Waals surface area contributed by atoms with Gasteiger partial charge < -0.3 is 9.31 Å². The highest BCUT2D eigenvalue weighted by atomic mass is 31.1. The lowest BCUT2D eigenvalue weighted by Crippen LogP contribution is -2.41. The van der Waals surface area contributed by atoms with Gasteiger partial charge in [0.05, 0.1) is 16.9 Å². The summed E-state index contributed by atoms with van der Waals surface area (Å²) in [4.78, 5) is 4.84. The van der Waals surface area contributed by atoms with E-state index in [0.29, 0.717) is 0 Å². The minimum Gasteiger partial charge on any atom is -0.399 e. The van der Waals surface area contributed by atoms with Crippen LogP contribution in [0.1, 0.15) is 33.3 Å². The van der Waals surface area contributed by atoms with Crippen LogP contribution >= 0.6 is 7.92 Å². The molecule has 0 unspecified atom stereocenters. The molecule has 1 heterocycles. The smallest absolute Gasteiger partial charge is 0.399 e. The van der Waals surface area contributed by atoms with Crippen LogP contribution in [0.2, 0.25) is 0 Å². The third kappa shape index (κ3) is 5.08. The highest BCUT2D eigenvalue weighted by Crippen LogP contribution is 2.37. The van der Waals surface area contributed by atoms with Gasteiger partial charge in [-0.15, -0.1) is 0 Å². The van der Waals surface area contributed by atoms with E-state index in [-0.39, 0.29) is 18.3 Å². The van der Waals surface area contributed by atoms with Crippen molar-refractivity contribution >= 4 is 48.3 Å². The first-order valence-electron chi connectivity index (χ1n) is 12.3. The molecule has 5 heteroatoms. The molecule has 0 amide bonds. The molecule has 0 saturated carbocycles. The quantitative estimate of drug-likeness (QED) is 0.203. The minimum atomic E-state index is -0.701. The zero-order chi connectivity index (χ0) is 25.2. The SMILES string of the molecule is CC1(C)OB(c2ccc(N=Cc3ccccc3P(c3ccccc3)c3ccccc3)cc2)OC1(C)C. The van der Waals surface area contributed by atoms with Gasteiger partial charge in [0.15, 0.2) is 0 Å². The van der Waals surface area contributed by atoms with Crippen LogP contribution in [0.5, 0.6) is 0 Å². The molecule has 3 nitrogen and oxygen atoms in total. The maximum absolute atomic E-state index is 6.19. The zero-order valence-electron chi connectivity index (χ0n) is 21.3. The summed E-state index contributed by atoms with van der Waals surface area (Å²) in [5.41, 5.74) is 2.33. The molecule has 180 valence electrons. The topological polar surface area (TPSA) is 30.8 Å². The second-order valence-corrected chi connectivity index (χ2v) is 12.2. The fraction of sp³-hybridized carbons (Fsp3) is 0.194. The van der Waals surface area contributed by atoms with E-state index in [1.165, 1.54) is 15.9 Å². The van der Waals surface area contributed by atoms with Crippen molar-refractivity contribution in [2.75, 3.05) is 0 Å². The van der Waals surface area contributed by atoms with Crippen molar-refractivity contribution in [3.63, 3.8) is 0 Å². The van der Waals surface area contributed by atoms with Gasteiger partial charge in [-0.1, -0.05) is 97.1 Å². The van der Waals surface area contributed by atoms with E-state index in [1.54, 1.807) is 0 Å². The maximum atomic E-state index is 6.19. The van der Waals surface area contributed by atoms with Crippen LogP contribution in [0.4, 0.5) is 5.69 Å². The molecule has 0 spiro atoms. The van der Waals surface area contributed by atoms with E-state index in [2.05, 4.69) is 113 Å². The summed E-state index contributed by atoms with van der Waals surface area (Å²) in [7, 11) is -1.07. The molecule has 4 aromatic rings. The number of nitrogens with zero attached hydrogens (tertiary/aromatic N) is 1. The number of benzene rings is 4. The Hall–Kier alpha value is -3.04. The largest absolute Gasteiger partial charge is 0.494 e. The molecule has 1 aliphatic rings. The van der Waals surface area contributed by atoms with Crippen LogP contribution in [-0.2, 0) is 9.31 Å². The van der Waals surface area contributed by atoms with Gasteiger partial charge in [0.1, 0.15) is 0 Å². The molecule has 0 radical (unpaired) electrons. The molecule has 0 N–H and O–H groups in total. The third-order valence-electron chi connectivity index (χ3n) is 6.98. The van der Waals surface area contributed by atoms with Gasteiger partial charge in [0, 0.05) is 11.8 Å². The second kappa shape index (κ2) is 10.1. The Labute approximate surface area is 216 Å². The van der Waals surface area contributed by atoms with Crippen molar-refractivity contribution in [1.29, 1.82) is 0 Å². The van der Waals surface area contributed by atoms with Crippen LogP contribution < -0.4 is 21.4 Å². The molecule has 1 aliphatic heterocycles. The molecule has 36 heavy (non-hydrogen) atoms. The van der Waals surface area contributed by atoms with Crippen molar-refractivity contribution in [3.8, 4) is 0 Å². The average Bonchev–Trinajstić information content (AvgIpc) is 3.12. The van der Waals surface area contributed by atoms with Gasteiger partial charge in [-0.25, -0.2) is 0 Å². The summed E-state index contributed by atoms with van der Waals surface area (Å²) in [5, 5.41) is 3.94. The van der Waals surface area contributed by atoms with Crippen LogP contribution in [0.3, 0.4) is 0 Å². The highest BCUT2D eigenvalue weighted by molar-refractivity contribution is 7.80. The van der Waals surface area contributed by atoms with Gasteiger partial charge in [0.2, 0.25) is 0 Å². The third-order valence-corrected chi connectivity index (χ3v) is 9.50. The second-order valence-electron chi connectivity index (χ2n) is 10.0. The Kier molecular flexibility index (Phi) is 6.95. The lowest BCUT2D eigenvalue weighted by Gasteiger charge is -2.32. The Morgan fingerprint density at radius 2 is 1.14 bits per heavy atom. The fourth-order valence-corrected chi connectivity index (χ4v) is 6.64. The van der Waals surface area contributed by atoms with Crippen molar-refractivity contribution < 1.29 is 9.31 Å². The Morgan fingerprint density at radius 3 is 1.69 bits per heavy atom. The summed E-state index contributed by atoms with van der Waals surface area (Å²) in [5.74, 6) is 0. The molecule has 0 aromatic heterocycles. The molecule has 1 saturated heterocycles. The zero-order valence-corrected chi connectivity index (χ0v) is 22.2. The Morgan fingerprint density at radius 1 is 0.639 bits per heavy atom. The van der Waals surface area contributed by atoms with E-state index in [0.717, 1.165) is 16.7 Å². The molecule has 0 bridgehead atoms. The summed E-state index contributed by atoms with van der Waals surface area (Å²) >= 11 is 0. The number of hydrogen-bond acceptors (Lipinski definition) is 3. The number of aliphatic imine (C=N–C) groups is 1. The normalized spacial score (nSPS) is 16.6. The van der Waals surface area contributed by atoms with Gasteiger partial charge >= 0.3 is 7.12 Å². The lowest BCUT2D eigenvalue weighted by molar-refractivity contribution is 0.00578. The molecule has 1 fully saturated rings. The standard InChI is InChI=1S/C31H31BNO2P/c1-30(2)31(3,4)35-32(34-30)25-19-21-26(22-20-25)33-23-24-13-11-12-18-29(24)36(27-14-7-5-8-15-27)28-16-9-6-10-17-28/h5-23H,1-4H3. The molecule has 4 aromatic carbocycles. The summed E-state index contributed by atoms with van der Waals surface area (Å²) in [6.07, 6.45) is 1.99. The molecule has 0 aliphatic carbocycles. The number of rotatable bonds is 6. The fourth-order valence-electron chi connectivity index (χ4n) is 4.22. The lowest BCUT2D eigenvalue weighted by atomic mass is 9.79. The first kappa shape index (κ1) is 24.7. The van der Waals surface area contributed by atoms with E-state index >= 15 is 0 Å². The first-order valence-corrected chi connectivity index (χ1v) is 13.7. The average molecular weight is 491 g/mol. The molecular formula is C31H31BNO2P. The van der Waals surface area contributed by atoms with Crippen molar-refractivity contribution in [3.05, 3.63) is 115 Å². The minimum absolute atomic E-state index is 0.353. The Balaban J connectivity index is 1.42. The summed E-state index contributed by atoms with van der Waals surface area (Å²) in [6.45, 7) is 8.29. The molecular weight excluding hydrogens is 460 g/mol. The van der Waals surface area contributed by atoms with Crippen LogP contribution in [-0.4, -0.2) is 24.5 Å². The molecule has 5 rings (SSSR count). The van der Waals surface area contributed by atoms with Crippen molar-refractivity contribution in [2.24, 2.45) is 4.99 Å². The highest BCUT2D eigenvalue weighted by Gasteiger charge is 2.51. The van der Waals surface area contributed by atoms with Crippen molar-refractivity contribution in [1.82, 2.24) is 0 Å². The van der Waals surface area contributed by atoms with Gasteiger partial charge in [-0.3, -0.25) is 4.99 Å². The van der Waals surface area contributed by atoms with Gasteiger partial charge in [-0.2, -0.15) is 0 Å². The predicted molar refractivity (Wildman–Crippen MR) is 155 cm³/mol. The van der Waals surface area contributed by atoms with Crippen LogP contribution in [0.15, 0.2) is 114 Å². The van der Waals surface area contributed by atoms with E-state index in [1.807, 2.05) is 30.5 Å². The van der Waals surface area contributed by atoms with E-state index in [4.69, 9.17) is 14.3 Å². The molecule has 0 atom stereocenters. The van der Waals surface area contributed by atoms with Crippen LogP contribution in [0, 0.1) is 0 Å².